The van der Waals surface area contributed by atoms with Crippen molar-refractivity contribution < 1.29 is 48.3 Å². The average Bonchev–Trinajstić information content (AvgIpc) is 3.06. The molecule has 0 radical (unpaired) electrons. The normalized spacial score (nSPS) is 15.3. The Kier molecular flexibility index (Phi) is 28.9. The second-order valence-corrected chi connectivity index (χ2v) is 14.7. The second-order valence-electron chi connectivity index (χ2n) is 12.8. The summed E-state index contributed by atoms with van der Waals surface area (Å²) in [6.45, 7) is 10.5. The number of carbonyl (C=O) groups is 3. The summed E-state index contributed by atoms with van der Waals surface area (Å²) in [5, 5.41) is 19.8. The average molecular weight is 870 g/mol. The highest BCUT2D eigenvalue weighted by atomic mass is 79.9. The van der Waals surface area contributed by atoms with E-state index in [-0.39, 0.29) is 42.4 Å². The van der Waals surface area contributed by atoms with Gasteiger partial charge in [0, 0.05) is 52.5 Å². The smallest absolute Gasteiger partial charge is 0.139 e. The zero-order valence-corrected chi connectivity index (χ0v) is 33.8. The Balaban J connectivity index is 5.04. The lowest BCUT2D eigenvalue weighted by Gasteiger charge is -2.35. The Morgan fingerprint density at radius 3 is 1.47 bits per heavy atom. The van der Waals surface area contributed by atoms with Crippen LogP contribution in [0.1, 0.15) is 85.5 Å². The molecule has 0 bridgehead atoms. The van der Waals surface area contributed by atoms with E-state index in [1.807, 2.05) is 27.7 Å². The van der Waals surface area contributed by atoms with Gasteiger partial charge in [-0.3, -0.25) is 14.4 Å². The van der Waals surface area contributed by atoms with Crippen molar-refractivity contribution in [3.8, 4) is 0 Å². The monoisotopic (exact) mass is 866 g/mol. The van der Waals surface area contributed by atoms with Gasteiger partial charge in [-0.05, 0) is 38.5 Å². The molecule has 0 saturated heterocycles. The van der Waals surface area contributed by atoms with Crippen molar-refractivity contribution in [1.82, 2.24) is 0 Å². The summed E-state index contributed by atoms with van der Waals surface area (Å²) in [5.41, 5.74) is -1.01. The first kappa shape index (κ1) is 47.2. The minimum Gasteiger partial charge on any atom is -0.394 e. The van der Waals surface area contributed by atoms with Crippen LogP contribution in [0.15, 0.2) is 0 Å². The standard InChI is InChI=1S/C34H61Br3O10/c1-27(22-35)30(40)8-5-11-34(12-6-9-31(41)28(2)23-36,13-7-10-32(42)33(3,4)26-37)47-21-20-45-17-16-43-14-15-44-18-19-46-25-29(39)24-38/h27-29,38-39H,5-26H2,1-4H3. The fourth-order valence-electron chi connectivity index (χ4n) is 4.66. The highest BCUT2D eigenvalue weighted by Gasteiger charge is 2.33. The van der Waals surface area contributed by atoms with Crippen LogP contribution < -0.4 is 0 Å². The number of carbonyl (C=O) groups excluding carboxylic acids is 3. The van der Waals surface area contributed by atoms with Gasteiger partial charge in [0.2, 0.25) is 0 Å². The highest BCUT2D eigenvalue weighted by molar-refractivity contribution is 9.09. The molecule has 3 atom stereocenters. The largest absolute Gasteiger partial charge is 0.394 e. The third kappa shape index (κ3) is 23.3. The van der Waals surface area contributed by atoms with Gasteiger partial charge in [0.15, 0.2) is 0 Å². The fraction of sp³-hybridized carbons (Fsp3) is 0.912. The molecule has 0 spiro atoms. The van der Waals surface area contributed by atoms with E-state index in [4.69, 9.17) is 28.8 Å². The van der Waals surface area contributed by atoms with E-state index in [9.17, 15) is 19.5 Å². The predicted molar refractivity (Wildman–Crippen MR) is 195 cm³/mol. The van der Waals surface area contributed by atoms with Crippen LogP contribution in [0.25, 0.3) is 0 Å². The molecule has 3 unspecified atom stereocenters. The molecule has 0 aliphatic rings. The van der Waals surface area contributed by atoms with Gasteiger partial charge >= 0.3 is 0 Å². The number of hydrogen-bond acceptors (Lipinski definition) is 10. The van der Waals surface area contributed by atoms with Gasteiger partial charge < -0.3 is 33.9 Å². The summed E-state index contributed by atoms with van der Waals surface area (Å²) >= 11 is 10.3. The fourth-order valence-corrected chi connectivity index (χ4v) is 5.69. The zero-order valence-electron chi connectivity index (χ0n) is 29.1. The Bertz CT molecular complexity index is 802. The number of hydrogen-bond donors (Lipinski definition) is 2. The number of ketones is 3. The minimum atomic E-state index is -0.875. The van der Waals surface area contributed by atoms with Crippen molar-refractivity contribution in [2.45, 2.75) is 97.2 Å². The van der Waals surface area contributed by atoms with E-state index in [1.165, 1.54) is 0 Å². The molecule has 0 rings (SSSR count). The number of aliphatic hydroxyl groups is 2. The van der Waals surface area contributed by atoms with Crippen molar-refractivity contribution in [2.75, 3.05) is 82.1 Å². The predicted octanol–water partition coefficient (Wildman–Crippen LogP) is 5.86. The first-order chi connectivity index (χ1) is 22.4. The van der Waals surface area contributed by atoms with E-state index >= 15 is 0 Å². The molecule has 0 saturated carbocycles. The quantitative estimate of drug-likeness (QED) is 0.0598. The number of aliphatic hydroxyl groups excluding tert-OH is 2. The van der Waals surface area contributed by atoms with E-state index < -0.39 is 17.1 Å². The summed E-state index contributed by atoms with van der Waals surface area (Å²) < 4.78 is 28.5. The summed E-state index contributed by atoms with van der Waals surface area (Å²) in [6.07, 6.45) is 4.52. The van der Waals surface area contributed by atoms with E-state index in [0.717, 1.165) is 0 Å². The van der Waals surface area contributed by atoms with Crippen molar-refractivity contribution >= 4 is 65.1 Å². The molecule has 13 heteroatoms. The Morgan fingerprint density at radius 2 is 1.06 bits per heavy atom. The lowest BCUT2D eigenvalue weighted by Crippen LogP contribution is -2.35. The first-order valence-corrected chi connectivity index (χ1v) is 20.2. The molecule has 0 aliphatic heterocycles. The number of halogens is 3. The topological polar surface area (TPSA) is 138 Å². The summed E-state index contributed by atoms with van der Waals surface area (Å²) in [4.78, 5) is 38.1. The van der Waals surface area contributed by atoms with Gasteiger partial charge in [-0.2, -0.15) is 0 Å². The Hall–Kier alpha value is 0.170. The third-order valence-corrected chi connectivity index (χ3v) is 11.4. The Morgan fingerprint density at radius 1 is 0.660 bits per heavy atom. The van der Waals surface area contributed by atoms with Crippen LogP contribution in [0, 0.1) is 17.3 Å². The molecule has 47 heavy (non-hydrogen) atoms. The Labute approximate surface area is 308 Å². The molecule has 0 aromatic rings. The summed E-state index contributed by atoms with van der Waals surface area (Å²) in [7, 11) is 0. The second kappa shape index (κ2) is 28.8. The highest BCUT2D eigenvalue weighted by Crippen LogP contribution is 2.33. The third-order valence-electron chi connectivity index (χ3n) is 8.07. The molecule has 2 N–H and O–H groups in total. The molecular formula is C34H61Br3O10. The maximum absolute atomic E-state index is 12.9. The number of rotatable bonds is 34. The molecule has 0 aliphatic carbocycles. The molecule has 0 aromatic carbocycles. The summed E-state index contributed by atoms with van der Waals surface area (Å²) in [5.74, 6) is 0.529. The van der Waals surface area contributed by atoms with E-state index in [0.29, 0.717) is 127 Å². The van der Waals surface area contributed by atoms with E-state index in [2.05, 4.69) is 47.8 Å². The molecule has 0 heterocycles. The number of alkyl halides is 3. The van der Waals surface area contributed by atoms with Crippen molar-refractivity contribution in [3.63, 3.8) is 0 Å². The molecular weight excluding hydrogens is 808 g/mol. The lowest BCUT2D eigenvalue weighted by atomic mass is 9.82. The van der Waals surface area contributed by atoms with Crippen LogP contribution >= 0.6 is 47.8 Å². The van der Waals surface area contributed by atoms with E-state index in [1.54, 1.807) is 0 Å². The molecule has 278 valence electrons. The first-order valence-electron chi connectivity index (χ1n) is 16.9. The molecule has 0 fully saturated rings. The lowest BCUT2D eigenvalue weighted by molar-refractivity contribution is -0.126. The zero-order chi connectivity index (χ0) is 35.6. The van der Waals surface area contributed by atoms with Crippen LogP contribution in [-0.4, -0.2) is 121 Å². The number of ether oxygens (including phenoxy) is 5. The molecule has 10 nitrogen and oxygen atoms in total. The SMILES string of the molecule is CC(CBr)C(=O)CCCC(CCCC(=O)C(C)CBr)(CCCC(=O)C(C)(C)CBr)OCCOCCOCCOCCOCC(O)CO. The van der Waals surface area contributed by atoms with Gasteiger partial charge in [0.05, 0.1) is 71.7 Å². The molecule has 0 aromatic heterocycles. The van der Waals surface area contributed by atoms with Gasteiger partial charge in [-0.15, -0.1) is 0 Å². The van der Waals surface area contributed by atoms with Gasteiger partial charge in [-0.25, -0.2) is 0 Å². The van der Waals surface area contributed by atoms with Crippen LogP contribution in [-0.2, 0) is 38.1 Å². The summed E-state index contributed by atoms with van der Waals surface area (Å²) in [6, 6.07) is 0. The number of Topliss-reactive ketones (excluding diaryl/α,β-unsaturated/α-hetero) is 3. The van der Waals surface area contributed by atoms with Crippen molar-refractivity contribution in [1.29, 1.82) is 0 Å². The maximum Gasteiger partial charge on any atom is 0.139 e. The van der Waals surface area contributed by atoms with Crippen LogP contribution in [0.3, 0.4) is 0 Å². The van der Waals surface area contributed by atoms with Crippen LogP contribution in [0.4, 0.5) is 0 Å². The van der Waals surface area contributed by atoms with Crippen molar-refractivity contribution in [2.24, 2.45) is 17.3 Å². The van der Waals surface area contributed by atoms with Crippen LogP contribution in [0.5, 0.6) is 0 Å². The van der Waals surface area contributed by atoms with Gasteiger partial charge in [0.25, 0.3) is 0 Å². The van der Waals surface area contributed by atoms with Crippen LogP contribution in [0.2, 0.25) is 0 Å². The maximum atomic E-state index is 12.9. The van der Waals surface area contributed by atoms with Gasteiger partial charge in [-0.1, -0.05) is 75.5 Å². The van der Waals surface area contributed by atoms with Gasteiger partial charge in [0.1, 0.15) is 23.5 Å². The minimum absolute atomic E-state index is 0.0497. The molecule has 0 amide bonds. The van der Waals surface area contributed by atoms with Crippen molar-refractivity contribution in [3.05, 3.63) is 0 Å².